The van der Waals surface area contributed by atoms with Crippen molar-refractivity contribution < 1.29 is 14.6 Å². The topological polar surface area (TPSA) is 38.7 Å². The van der Waals surface area contributed by atoms with Crippen LogP contribution < -0.4 is 9.47 Å². The number of hydrogen-bond acceptors (Lipinski definition) is 3. The third kappa shape index (κ3) is 3.39. The Morgan fingerprint density at radius 2 is 1.95 bits per heavy atom. The van der Waals surface area contributed by atoms with E-state index in [-0.39, 0.29) is 0 Å². The van der Waals surface area contributed by atoms with Crippen molar-refractivity contribution >= 4 is 0 Å². The average Bonchev–Trinajstić information content (AvgIpc) is 2.52. The van der Waals surface area contributed by atoms with Crippen molar-refractivity contribution in [1.82, 2.24) is 0 Å². The lowest BCUT2D eigenvalue weighted by Gasteiger charge is -2.15. The molecule has 1 atom stereocenters. The molecule has 3 nitrogen and oxygen atoms in total. The monoisotopic (exact) mass is 270 g/mol. The van der Waals surface area contributed by atoms with Crippen LogP contribution in [0.15, 0.2) is 61.2 Å². The van der Waals surface area contributed by atoms with E-state index in [0.717, 1.165) is 5.56 Å². The molecule has 0 aliphatic carbocycles. The summed E-state index contributed by atoms with van der Waals surface area (Å²) in [5.41, 5.74) is 1.74. The Kier molecular flexibility index (Phi) is 4.80. The number of hydrogen-bond donors (Lipinski definition) is 1. The normalized spacial score (nSPS) is 11.7. The number of methoxy groups -OCH3 is 1. The number of rotatable bonds is 6. The summed E-state index contributed by atoms with van der Waals surface area (Å²) in [6, 6.07) is 15.2. The highest BCUT2D eigenvalue weighted by Crippen LogP contribution is 2.30. The van der Waals surface area contributed by atoms with Crippen molar-refractivity contribution in [1.29, 1.82) is 0 Å². The second kappa shape index (κ2) is 6.78. The molecule has 0 radical (unpaired) electrons. The van der Waals surface area contributed by atoms with Crippen LogP contribution in [0.4, 0.5) is 0 Å². The zero-order chi connectivity index (χ0) is 14.4. The number of aliphatic hydroxyl groups is 1. The van der Waals surface area contributed by atoms with Crippen LogP contribution in [0.1, 0.15) is 17.2 Å². The minimum atomic E-state index is -0.758. The summed E-state index contributed by atoms with van der Waals surface area (Å²) < 4.78 is 11.0. The van der Waals surface area contributed by atoms with E-state index in [9.17, 15) is 5.11 Å². The Hall–Kier alpha value is -2.26. The first-order valence-electron chi connectivity index (χ1n) is 6.40. The van der Waals surface area contributed by atoms with Crippen molar-refractivity contribution in [2.75, 3.05) is 7.11 Å². The minimum Gasteiger partial charge on any atom is -0.497 e. The molecule has 0 amide bonds. The smallest absolute Gasteiger partial charge is 0.129 e. The molecule has 0 aromatic heterocycles. The van der Waals surface area contributed by atoms with Crippen LogP contribution in [0.5, 0.6) is 11.5 Å². The van der Waals surface area contributed by atoms with Gasteiger partial charge in [-0.25, -0.2) is 0 Å². The third-order valence-electron chi connectivity index (χ3n) is 3.00. The molecule has 1 unspecified atom stereocenters. The number of ether oxygens (including phenoxy) is 2. The number of benzene rings is 2. The van der Waals surface area contributed by atoms with E-state index in [1.165, 1.54) is 6.08 Å². The van der Waals surface area contributed by atoms with E-state index in [2.05, 4.69) is 6.58 Å². The van der Waals surface area contributed by atoms with Crippen molar-refractivity contribution in [2.45, 2.75) is 12.7 Å². The van der Waals surface area contributed by atoms with Gasteiger partial charge in [-0.3, -0.25) is 0 Å². The summed E-state index contributed by atoms with van der Waals surface area (Å²) in [7, 11) is 1.60. The average molecular weight is 270 g/mol. The Balaban J connectivity index is 2.21. The second-order valence-electron chi connectivity index (χ2n) is 4.36. The fourth-order valence-corrected chi connectivity index (χ4v) is 1.87. The highest BCUT2D eigenvalue weighted by molar-refractivity contribution is 5.43. The van der Waals surface area contributed by atoms with Crippen LogP contribution >= 0.6 is 0 Å². The van der Waals surface area contributed by atoms with Gasteiger partial charge in [0.15, 0.2) is 0 Å². The molecule has 104 valence electrons. The molecule has 0 aliphatic heterocycles. The Bertz CT molecular complexity index is 564. The van der Waals surface area contributed by atoms with Crippen molar-refractivity contribution in [3.63, 3.8) is 0 Å². The van der Waals surface area contributed by atoms with Gasteiger partial charge in [-0.15, -0.1) is 6.58 Å². The van der Waals surface area contributed by atoms with Crippen LogP contribution in [-0.4, -0.2) is 12.2 Å². The Morgan fingerprint density at radius 3 is 2.60 bits per heavy atom. The van der Waals surface area contributed by atoms with Gasteiger partial charge in [0, 0.05) is 11.6 Å². The quantitative estimate of drug-likeness (QED) is 0.817. The van der Waals surface area contributed by atoms with Crippen LogP contribution in [-0.2, 0) is 6.61 Å². The Morgan fingerprint density at radius 1 is 1.20 bits per heavy atom. The first-order valence-corrected chi connectivity index (χ1v) is 6.40. The van der Waals surface area contributed by atoms with Crippen LogP contribution in [0, 0.1) is 0 Å². The molecule has 0 spiro atoms. The first kappa shape index (κ1) is 14.2. The summed E-state index contributed by atoms with van der Waals surface area (Å²) in [6.07, 6.45) is 0.712. The first-order chi connectivity index (χ1) is 9.74. The van der Waals surface area contributed by atoms with Crippen LogP contribution in [0.2, 0.25) is 0 Å². The van der Waals surface area contributed by atoms with Gasteiger partial charge >= 0.3 is 0 Å². The molecule has 0 fully saturated rings. The van der Waals surface area contributed by atoms with E-state index in [4.69, 9.17) is 9.47 Å². The molecular weight excluding hydrogens is 252 g/mol. The van der Waals surface area contributed by atoms with Gasteiger partial charge in [0.05, 0.1) is 7.11 Å². The van der Waals surface area contributed by atoms with Crippen LogP contribution in [0.25, 0.3) is 0 Å². The van der Waals surface area contributed by atoms with Gasteiger partial charge in [0.2, 0.25) is 0 Å². The maximum atomic E-state index is 9.93. The molecule has 2 aromatic carbocycles. The lowest BCUT2D eigenvalue weighted by Crippen LogP contribution is -2.02. The lowest BCUT2D eigenvalue weighted by molar-refractivity contribution is 0.216. The number of aliphatic hydroxyl groups excluding tert-OH is 1. The minimum absolute atomic E-state index is 0.435. The maximum Gasteiger partial charge on any atom is 0.129 e. The SMILES string of the molecule is C=CC(O)c1ccc(OC)cc1OCc1ccccc1. The molecule has 2 aromatic rings. The van der Waals surface area contributed by atoms with Gasteiger partial charge in [-0.1, -0.05) is 36.4 Å². The lowest BCUT2D eigenvalue weighted by atomic mass is 10.1. The van der Waals surface area contributed by atoms with Gasteiger partial charge in [0.25, 0.3) is 0 Å². The summed E-state index contributed by atoms with van der Waals surface area (Å²) >= 11 is 0. The van der Waals surface area contributed by atoms with E-state index in [1.807, 2.05) is 30.3 Å². The fraction of sp³-hybridized carbons (Fsp3) is 0.176. The van der Waals surface area contributed by atoms with E-state index in [1.54, 1.807) is 25.3 Å². The molecule has 0 bridgehead atoms. The summed E-state index contributed by atoms with van der Waals surface area (Å²) in [5, 5.41) is 9.93. The highest BCUT2D eigenvalue weighted by atomic mass is 16.5. The molecule has 0 aliphatic rings. The molecule has 0 saturated heterocycles. The molecule has 3 heteroatoms. The van der Waals surface area contributed by atoms with Gasteiger partial charge in [-0.05, 0) is 17.7 Å². The predicted octanol–water partition coefficient (Wildman–Crippen LogP) is 3.49. The third-order valence-corrected chi connectivity index (χ3v) is 3.00. The zero-order valence-electron chi connectivity index (χ0n) is 11.5. The fourth-order valence-electron chi connectivity index (χ4n) is 1.87. The highest BCUT2D eigenvalue weighted by Gasteiger charge is 2.12. The summed E-state index contributed by atoms with van der Waals surface area (Å²) in [6.45, 7) is 4.04. The summed E-state index contributed by atoms with van der Waals surface area (Å²) in [4.78, 5) is 0. The van der Waals surface area contributed by atoms with Gasteiger partial charge in [-0.2, -0.15) is 0 Å². The van der Waals surface area contributed by atoms with Gasteiger partial charge in [0.1, 0.15) is 24.2 Å². The largest absolute Gasteiger partial charge is 0.497 e. The standard InChI is InChI=1S/C17H18O3/c1-3-16(18)15-10-9-14(19-2)11-17(15)20-12-13-7-5-4-6-8-13/h3-11,16,18H,1,12H2,2H3. The molecule has 2 rings (SSSR count). The van der Waals surface area contributed by atoms with Crippen LogP contribution in [0.3, 0.4) is 0 Å². The van der Waals surface area contributed by atoms with E-state index >= 15 is 0 Å². The molecule has 0 heterocycles. The van der Waals surface area contributed by atoms with E-state index in [0.29, 0.717) is 23.7 Å². The molecule has 1 N–H and O–H groups in total. The Labute approximate surface area is 119 Å². The molecule has 0 saturated carbocycles. The zero-order valence-corrected chi connectivity index (χ0v) is 11.5. The summed E-state index contributed by atoms with van der Waals surface area (Å²) in [5.74, 6) is 1.29. The second-order valence-corrected chi connectivity index (χ2v) is 4.36. The maximum absolute atomic E-state index is 9.93. The van der Waals surface area contributed by atoms with Crippen molar-refractivity contribution in [3.05, 3.63) is 72.3 Å². The van der Waals surface area contributed by atoms with Crippen molar-refractivity contribution in [3.8, 4) is 11.5 Å². The van der Waals surface area contributed by atoms with Crippen molar-refractivity contribution in [2.24, 2.45) is 0 Å². The molecular formula is C17H18O3. The predicted molar refractivity (Wildman–Crippen MR) is 78.9 cm³/mol. The molecule has 20 heavy (non-hydrogen) atoms. The van der Waals surface area contributed by atoms with Gasteiger partial charge < -0.3 is 14.6 Å². The van der Waals surface area contributed by atoms with E-state index < -0.39 is 6.10 Å².